The second kappa shape index (κ2) is 4.82. The van der Waals surface area contributed by atoms with E-state index in [9.17, 15) is 4.79 Å². The lowest BCUT2D eigenvalue weighted by Gasteiger charge is -2.35. The Morgan fingerprint density at radius 1 is 1.69 bits per heavy atom. The van der Waals surface area contributed by atoms with Gasteiger partial charge >= 0.3 is 0 Å². The number of hydrogen-bond donors (Lipinski definition) is 1. The van der Waals surface area contributed by atoms with Crippen molar-refractivity contribution in [1.29, 1.82) is 0 Å². The highest BCUT2D eigenvalue weighted by Crippen LogP contribution is 2.28. The third-order valence-electron chi connectivity index (χ3n) is 2.86. The van der Waals surface area contributed by atoms with E-state index in [0.29, 0.717) is 5.92 Å². The van der Waals surface area contributed by atoms with E-state index in [1.807, 2.05) is 4.68 Å². The fraction of sp³-hybridized carbons (Fsp3) is 0.700. The largest absolute Gasteiger partial charge is 0.352 e. The van der Waals surface area contributed by atoms with Gasteiger partial charge in [0.25, 0.3) is 0 Å². The summed E-state index contributed by atoms with van der Waals surface area (Å²) in [5, 5.41) is 6.51. The van der Waals surface area contributed by atoms with E-state index in [1.165, 1.54) is 6.33 Å². The van der Waals surface area contributed by atoms with Crippen LogP contribution in [0.15, 0.2) is 12.7 Å². The van der Waals surface area contributed by atoms with Crippen LogP contribution in [0.2, 0.25) is 0 Å². The van der Waals surface area contributed by atoms with Gasteiger partial charge in [-0.05, 0) is 25.7 Å². The highest BCUT2D eigenvalue weighted by atomic mass is 35.5. The molecule has 1 heterocycles. The van der Waals surface area contributed by atoms with Crippen LogP contribution in [-0.4, -0.2) is 32.1 Å². The molecule has 1 aromatic heterocycles. The maximum absolute atomic E-state index is 11.3. The van der Waals surface area contributed by atoms with Crippen LogP contribution < -0.4 is 5.32 Å². The van der Waals surface area contributed by atoms with Gasteiger partial charge in [-0.1, -0.05) is 0 Å². The maximum Gasteiger partial charge on any atom is 0.237 e. The molecule has 0 radical (unpaired) electrons. The summed E-state index contributed by atoms with van der Waals surface area (Å²) in [7, 11) is 0. The zero-order chi connectivity index (χ0) is 11.5. The maximum atomic E-state index is 11.3. The van der Waals surface area contributed by atoms with Gasteiger partial charge in [0, 0.05) is 12.6 Å². The lowest BCUT2D eigenvalue weighted by molar-refractivity contribution is -0.122. The monoisotopic (exact) mass is 242 g/mol. The molecule has 1 atom stereocenters. The number of rotatable bonds is 4. The van der Waals surface area contributed by atoms with Crippen LogP contribution >= 0.6 is 11.6 Å². The van der Waals surface area contributed by atoms with Gasteiger partial charge in [0.1, 0.15) is 18.0 Å². The molecule has 2 rings (SSSR count). The number of amides is 1. The summed E-state index contributed by atoms with van der Waals surface area (Å²) in [6, 6.07) is 0.280. The molecule has 1 unspecified atom stereocenters. The van der Waals surface area contributed by atoms with Crippen molar-refractivity contribution in [2.45, 2.75) is 37.7 Å². The molecule has 0 saturated heterocycles. The average molecular weight is 243 g/mol. The first-order valence-corrected chi connectivity index (χ1v) is 5.85. The fourth-order valence-electron chi connectivity index (χ4n) is 1.91. The van der Waals surface area contributed by atoms with Gasteiger partial charge in [-0.25, -0.2) is 4.98 Å². The van der Waals surface area contributed by atoms with E-state index in [1.54, 1.807) is 13.3 Å². The molecule has 0 aliphatic heterocycles. The van der Waals surface area contributed by atoms with Gasteiger partial charge in [-0.2, -0.15) is 5.10 Å². The minimum atomic E-state index is -0.450. The van der Waals surface area contributed by atoms with Crippen molar-refractivity contribution in [3.05, 3.63) is 12.7 Å². The summed E-state index contributed by atoms with van der Waals surface area (Å²) >= 11 is 5.67. The zero-order valence-corrected chi connectivity index (χ0v) is 9.89. The molecular weight excluding hydrogens is 228 g/mol. The van der Waals surface area contributed by atoms with Crippen LogP contribution in [0.1, 0.15) is 19.8 Å². The molecule has 0 bridgehead atoms. The number of halogens is 1. The van der Waals surface area contributed by atoms with Gasteiger partial charge < -0.3 is 5.32 Å². The first-order chi connectivity index (χ1) is 7.65. The first-order valence-electron chi connectivity index (χ1n) is 5.42. The van der Waals surface area contributed by atoms with Crippen LogP contribution in [0.4, 0.5) is 0 Å². The normalized spacial score (nSPS) is 25.9. The van der Waals surface area contributed by atoms with Crippen molar-refractivity contribution >= 4 is 17.5 Å². The van der Waals surface area contributed by atoms with Crippen molar-refractivity contribution in [2.24, 2.45) is 5.92 Å². The number of nitrogens with zero attached hydrogens (tertiary/aromatic N) is 3. The Labute approximate surface area is 99.2 Å². The number of carbonyl (C=O) groups is 1. The summed E-state index contributed by atoms with van der Waals surface area (Å²) in [6.45, 7) is 2.56. The standard InChI is InChI=1S/C10H15ClN4O/c1-7(11)10(16)14-9-2-8(3-9)4-15-6-12-5-13-15/h5-9H,2-4H2,1H3,(H,14,16). The summed E-state index contributed by atoms with van der Waals surface area (Å²) in [5.41, 5.74) is 0. The van der Waals surface area contributed by atoms with E-state index in [-0.39, 0.29) is 11.9 Å². The Balaban J connectivity index is 1.68. The van der Waals surface area contributed by atoms with Crippen molar-refractivity contribution in [1.82, 2.24) is 20.1 Å². The molecule has 1 aromatic rings. The van der Waals surface area contributed by atoms with Crippen LogP contribution in [0.25, 0.3) is 0 Å². The quantitative estimate of drug-likeness (QED) is 0.795. The Hall–Kier alpha value is -1.10. The van der Waals surface area contributed by atoms with Crippen molar-refractivity contribution in [3.63, 3.8) is 0 Å². The van der Waals surface area contributed by atoms with E-state index in [0.717, 1.165) is 19.4 Å². The molecule has 5 nitrogen and oxygen atoms in total. The molecule has 1 N–H and O–H groups in total. The summed E-state index contributed by atoms with van der Waals surface area (Å²) in [5.74, 6) is 0.503. The highest BCUT2D eigenvalue weighted by molar-refractivity contribution is 6.30. The smallest absolute Gasteiger partial charge is 0.237 e. The number of alkyl halides is 1. The predicted molar refractivity (Wildman–Crippen MR) is 60.0 cm³/mol. The number of hydrogen-bond acceptors (Lipinski definition) is 3. The molecular formula is C10H15ClN4O. The van der Waals surface area contributed by atoms with Crippen molar-refractivity contribution < 1.29 is 4.79 Å². The molecule has 0 aromatic carbocycles. The van der Waals surface area contributed by atoms with Gasteiger partial charge in [0.2, 0.25) is 5.91 Å². The molecule has 6 heteroatoms. The van der Waals surface area contributed by atoms with Gasteiger partial charge in [0.05, 0.1) is 0 Å². The molecule has 1 amide bonds. The van der Waals surface area contributed by atoms with Crippen LogP contribution in [-0.2, 0) is 11.3 Å². The van der Waals surface area contributed by atoms with Gasteiger partial charge in [-0.3, -0.25) is 9.48 Å². The average Bonchev–Trinajstić information content (AvgIpc) is 2.66. The van der Waals surface area contributed by atoms with Gasteiger partial charge in [-0.15, -0.1) is 11.6 Å². The molecule has 0 spiro atoms. The Morgan fingerprint density at radius 3 is 3.00 bits per heavy atom. The highest BCUT2D eigenvalue weighted by Gasteiger charge is 2.31. The van der Waals surface area contributed by atoms with E-state index in [4.69, 9.17) is 11.6 Å². The Morgan fingerprint density at radius 2 is 2.44 bits per heavy atom. The second-order valence-electron chi connectivity index (χ2n) is 4.28. The van der Waals surface area contributed by atoms with E-state index in [2.05, 4.69) is 15.4 Å². The second-order valence-corrected chi connectivity index (χ2v) is 4.93. The third-order valence-corrected chi connectivity index (χ3v) is 3.05. The van der Waals surface area contributed by atoms with Crippen LogP contribution in [0.5, 0.6) is 0 Å². The number of carbonyl (C=O) groups excluding carboxylic acids is 1. The summed E-state index contributed by atoms with van der Waals surface area (Å²) < 4.78 is 1.83. The molecule has 1 aliphatic carbocycles. The van der Waals surface area contributed by atoms with Crippen LogP contribution in [0, 0.1) is 5.92 Å². The predicted octanol–water partition coefficient (Wildman–Crippen LogP) is 0.800. The third kappa shape index (κ3) is 2.72. The fourth-order valence-corrected chi connectivity index (χ4v) is 1.97. The van der Waals surface area contributed by atoms with E-state index >= 15 is 0 Å². The topological polar surface area (TPSA) is 59.8 Å². The minimum absolute atomic E-state index is 0.0779. The van der Waals surface area contributed by atoms with Crippen LogP contribution in [0.3, 0.4) is 0 Å². The summed E-state index contributed by atoms with van der Waals surface area (Å²) in [6.07, 6.45) is 5.24. The van der Waals surface area contributed by atoms with E-state index < -0.39 is 5.38 Å². The lowest BCUT2D eigenvalue weighted by atomic mass is 9.80. The molecule has 16 heavy (non-hydrogen) atoms. The molecule has 1 aliphatic rings. The Bertz CT molecular complexity index is 346. The minimum Gasteiger partial charge on any atom is -0.352 e. The lowest BCUT2D eigenvalue weighted by Crippen LogP contribution is -2.47. The molecule has 1 saturated carbocycles. The zero-order valence-electron chi connectivity index (χ0n) is 9.14. The molecule has 88 valence electrons. The molecule has 1 fully saturated rings. The van der Waals surface area contributed by atoms with Crippen molar-refractivity contribution in [2.75, 3.05) is 0 Å². The first kappa shape index (κ1) is 11.4. The number of aromatic nitrogens is 3. The number of nitrogens with one attached hydrogen (secondary N) is 1. The Kier molecular flexibility index (Phi) is 3.43. The summed E-state index contributed by atoms with van der Waals surface area (Å²) in [4.78, 5) is 15.2. The van der Waals surface area contributed by atoms with Crippen molar-refractivity contribution in [3.8, 4) is 0 Å². The van der Waals surface area contributed by atoms with Gasteiger partial charge in [0.15, 0.2) is 0 Å². The SMILES string of the molecule is CC(Cl)C(=O)NC1CC(Cn2cncn2)C1.